The molecule has 0 unspecified atom stereocenters. The molecule has 0 heterocycles. The molecule has 0 saturated carbocycles. The summed E-state index contributed by atoms with van der Waals surface area (Å²) >= 11 is 11.8. The maximum absolute atomic E-state index is 11.1. The van der Waals surface area contributed by atoms with Gasteiger partial charge >= 0.3 is 5.97 Å². The van der Waals surface area contributed by atoms with Crippen molar-refractivity contribution >= 4 is 34.9 Å². The van der Waals surface area contributed by atoms with Gasteiger partial charge in [-0.1, -0.05) is 41.4 Å². The van der Waals surface area contributed by atoms with E-state index in [1.165, 1.54) is 0 Å². The number of hydrogen-bond donors (Lipinski definition) is 2. The van der Waals surface area contributed by atoms with Crippen LogP contribution in [-0.4, -0.2) is 11.1 Å². The first kappa shape index (κ1) is 13.7. The van der Waals surface area contributed by atoms with Crippen molar-refractivity contribution in [1.29, 1.82) is 0 Å². The van der Waals surface area contributed by atoms with Crippen LogP contribution in [0.3, 0.4) is 0 Å². The Kier molecular flexibility index (Phi) is 4.30. The zero-order valence-electron chi connectivity index (χ0n) is 9.86. The lowest BCUT2D eigenvalue weighted by molar-refractivity contribution is 0.0698. The Morgan fingerprint density at radius 2 is 1.84 bits per heavy atom. The van der Waals surface area contributed by atoms with Crippen LogP contribution in [0.5, 0.6) is 0 Å². The zero-order chi connectivity index (χ0) is 13.8. The number of benzene rings is 2. The maximum atomic E-state index is 11.1. The minimum atomic E-state index is -0.961. The van der Waals surface area contributed by atoms with Gasteiger partial charge in [0, 0.05) is 12.2 Å². The second-order valence-corrected chi connectivity index (χ2v) is 4.77. The van der Waals surface area contributed by atoms with Crippen molar-refractivity contribution in [3.63, 3.8) is 0 Å². The maximum Gasteiger partial charge on any atom is 0.337 e. The molecule has 3 nitrogen and oxygen atoms in total. The Morgan fingerprint density at radius 1 is 1.11 bits per heavy atom. The Balaban J connectivity index is 2.14. The summed E-state index contributed by atoms with van der Waals surface area (Å²) in [6.07, 6.45) is 0. The molecule has 0 amide bonds. The van der Waals surface area contributed by atoms with Crippen LogP contribution in [0, 0.1) is 0 Å². The number of carboxylic acids is 1. The fourth-order valence-corrected chi connectivity index (χ4v) is 1.99. The van der Waals surface area contributed by atoms with E-state index in [0.29, 0.717) is 22.3 Å². The molecule has 0 aliphatic carbocycles. The molecule has 2 rings (SSSR count). The normalized spacial score (nSPS) is 10.2. The molecule has 19 heavy (non-hydrogen) atoms. The summed E-state index contributed by atoms with van der Waals surface area (Å²) in [6, 6.07) is 12.0. The van der Waals surface area contributed by atoms with E-state index in [9.17, 15) is 4.79 Å². The number of rotatable bonds is 4. The molecular weight excluding hydrogens is 285 g/mol. The van der Waals surface area contributed by atoms with Gasteiger partial charge in [0.25, 0.3) is 0 Å². The Bertz CT molecular complexity index is 614. The van der Waals surface area contributed by atoms with Gasteiger partial charge in [0.1, 0.15) is 0 Å². The quantitative estimate of drug-likeness (QED) is 0.884. The van der Waals surface area contributed by atoms with Crippen LogP contribution < -0.4 is 5.32 Å². The van der Waals surface area contributed by atoms with E-state index in [0.717, 1.165) is 5.56 Å². The summed E-state index contributed by atoms with van der Waals surface area (Å²) < 4.78 is 0. The van der Waals surface area contributed by atoms with Gasteiger partial charge in [-0.05, 0) is 29.8 Å². The second-order valence-electron chi connectivity index (χ2n) is 3.95. The largest absolute Gasteiger partial charge is 0.478 e. The van der Waals surface area contributed by atoms with Crippen molar-refractivity contribution in [2.75, 3.05) is 5.32 Å². The van der Waals surface area contributed by atoms with Crippen molar-refractivity contribution in [2.24, 2.45) is 0 Å². The van der Waals surface area contributed by atoms with Crippen LogP contribution in [0.25, 0.3) is 0 Å². The first-order valence-corrected chi connectivity index (χ1v) is 6.33. The lowest BCUT2D eigenvalue weighted by atomic mass is 10.1. The lowest BCUT2D eigenvalue weighted by Crippen LogP contribution is -2.06. The molecule has 0 saturated heterocycles. The van der Waals surface area contributed by atoms with Gasteiger partial charge in [-0.15, -0.1) is 0 Å². The number of para-hydroxylation sites is 1. The van der Waals surface area contributed by atoms with Gasteiger partial charge < -0.3 is 10.4 Å². The second kappa shape index (κ2) is 5.95. The number of carboxylic acid groups (broad SMARTS) is 1. The van der Waals surface area contributed by atoms with Gasteiger partial charge in [-0.25, -0.2) is 4.79 Å². The van der Waals surface area contributed by atoms with Crippen LogP contribution in [0.15, 0.2) is 42.5 Å². The highest BCUT2D eigenvalue weighted by atomic mass is 35.5. The standard InChI is InChI=1S/C14H11Cl2NO2/c15-11-6-5-9(7-12(11)16)8-17-13-4-2-1-3-10(13)14(18)19/h1-7,17H,8H2,(H,18,19). The summed E-state index contributed by atoms with van der Waals surface area (Å²) in [5.74, 6) is -0.961. The predicted molar refractivity (Wildman–Crippen MR) is 77.2 cm³/mol. The average molecular weight is 296 g/mol. The smallest absolute Gasteiger partial charge is 0.337 e. The Hall–Kier alpha value is -1.71. The topological polar surface area (TPSA) is 49.3 Å². The van der Waals surface area contributed by atoms with Crippen LogP contribution >= 0.6 is 23.2 Å². The van der Waals surface area contributed by atoms with Gasteiger partial charge in [-0.3, -0.25) is 0 Å². The van der Waals surface area contributed by atoms with Gasteiger partial charge in [0.05, 0.1) is 15.6 Å². The molecule has 0 aromatic heterocycles. The van der Waals surface area contributed by atoms with Crippen LogP contribution in [-0.2, 0) is 6.54 Å². The van der Waals surface area contributed by atoms with E-state index in [1.54, 1.807) is 36.4 Å². The van der Waals surface area contributed by atoms with Crippen LogP contribution in [0.1, 0.15) is 15.9 Å². The minimum Gasteiger partial charge on any atom is -0.478 e. The molecule has 0 bridgehead atoms. The fourth-order valence-electron chi connectivity index (χ4n) is 1.67. The molecule has 2 aromatic rings. The van der Waals surface area contributed by atoms with E-state index in [2.05, 4.69) is 5.32 Å². The van der Waals surface area contributed by atoms with Crippen LogP contribution in [0.4, 0.5) is 5.69 Å². The van der Waals surface area contributed by atoms with Gasteiger partial charge in [0.15, 0.2) is 0 Å². The first-order chi connectivity index (χ1) is 9.08. The number of anilines is 1. The van der Waals surface area contributed by atoms with Crippen molar-refractivity contribution in [3.8, 4) is 0 Å². The monoisotopic (exact) mass is 295 g/mol. The predicted octanol–water partition coefficient (Wildman–Crippen LogP) is 4.30. The van der Waals surface area contributed by atoms with E-state index in [1.807, 2.05) is 6.07 Å². The van der Waals surface area contributed by atoms with E-state index >= 15 is 0 Å². The molecule has 0 aliphatic rings. The molecule has 98 valence electrons. The molecule has 0 fully saturated rings. The molecule has 0 atom stereocenters. The lowest BCUT2D eigenvalue weighted by Gasteiger charge is -2.10. The summed E-state index contributed by atoms with van der Waals surface area (Å²) in [5, 5.41) is 13.1. The van der Waals surface area contributed by atoms with E-state index in [4.69, 9.17) is 28.3 Å². The minimum absolute atomic E-state index is 0.238. The van der Waals surface area contributed by atoms with Crippen molar-refractivity contribution in [2.45, 2.75) is 6.54 Å². The Morgan fingerprint density at radius 3 is 2.53 bits per heavy atom. The molecule has 2 aromatic carbocycles. The third-order valence-electron chi connectivity index (χ3n) is 2.62. The third kappa shape index (κ3) is 3.40. The summed E-state index contributed by atoms with van der Waals surface area (Å²) in [5.41, 5.74) is 1.73. The highest BCUT2D eigenvalue weighted by molar-refractivity contribution is 6.42. The number of halogens is 2. The van der Waals surface area contributed by atoms with E-state index in [-0.39, 0.29) is 5.56 Å². The number of nitrogens with one attached hydrogen (secondary N) is 1. The van der Waals surface area contributed by atoms with Gasteiger partial charge in [-0.2, -0.15) is 0 Å². The molecule has 0 spiro atoms. The first-order valence-electron chi connectivity index (χ1n) is 5.58. The number of aromatic carboxylic acids is 1. The van der Waals surface area contributed by atoms with Gasteiger partial charge in [0.2, 0.25) is 0 Å². The molecular formula is C14H11Cl2NO2. The highest BCUT2D eigenvalue weighted by Gasteiger charge is 2.08. The molecule has 0 aliphatic heterocycles. The Labute approximate surface area is 120 Å². The number of hydrogen-bond acceptors (Lipinski definition) is 2. The summed E-state index contributed by atoms with van der Waals surface area (Å²) in [6.45, 7) is 0.473. The fraction of sp³-hybridized carbons (Fsp3) is 0.0714. The van der Waals surface area contributed by atoms with Crippen LogP contribution in [0.2, 0.25) is 10.0 Å². The average Bonchev–Trinajstić information content (AvgIpc) is 2.40. The molecule has 2 N–H and O–H groups in total. The molecule has 0 radical (unpaired) electrons. The van der Waals surface area contributed by atoms with Crippen molar-refractivity contribution in [1.82, 2.24) is 0 Å². The third-order valence-corrected chi connectivity index (χ3v) is 3.36. The number of carbonyl (C=O) groups is 1. The SMILES string of the molecule is O=C(O)c1ccccc1NCc1ccc(Cl)c(Cl)c1. The highest BCUT2D eigenvalue weighted by Crippen LogP contribution is 2.23. The van der Waals surface area contributed by atoms with E-state index < -0.39 is 5.97 Å². The summed E-state index contributed by atoms with van der Waals surface area (Å²) in [4.78, 5) is 11.1. The zero-order valence-corrected chi connectivity index (χ0v) is 11.4. The molecule has 5 heteroatoms. The van der Waals surface area contributed by atoms with Crippen molar-refractivity contribution in [3.05, 3.63) is 63.6 Å². The summed E-state index contributed by atoms with van der Waals surface area (Å²) in [7, 11) is 0. The van der Waals surface area contributed by atoms with Crippen molar-refractivity contribution < 1.29 is 9.90 Å².